The van der Waals surface area contributed by atoms with Crippen molar-refractivity contribution in [3.63, 3.8) is 0 Å². The number of Topliss-reactive ketones (excluding diaryl/α,β-unsaturated/α-hetero) is 1. The topological polar surface area (TPSA) is 67.9 Å². The Kier molecular flexibility index (Phi) is 8.25. The monoisotopic (exact) mass is 504 g/mol. The van der Waals surface area contributed by atoms with Crippen molar-refractivity contribution in [2.45, 2.75) is 72.3 Å². The first-order valence-corrected chi connectivity index (χ1v) is 13.5. The minimum atomic E-state index is -0.511. The molecule has 2 aliphatic rings. The standard InChI is InChI=1S/C31H40N2O4/c1-6-8-9-14-28(35)33-24-13-11-10-12-22(24)32-23-19-31(3,4)20-25(34)29(23)30(33)21-15-16-26(37-17-7-2)27(18-21)36-5/h10-13,15-16,18-19,29-30,32H,6-9,14,17,20H2,1-5H3/t29-,30-/m0/s1. The zero-order valence-corrected chi connectivity index (χ0v) is 22.8. The molecule has 1 N–H and O–H groups in total. The van der Waals surface area contributed by atoms with Crippen LogP contribution in [0.2, 0.25) is 0 Å². The lowest BCUT2D eigenvalue weighted by molar-refractivity contribution is -0.125. The number of benzene rings is 2. The second-order valence-electron chi connectivity index (χ2n) is 10.8. The van der Waals surface area contributed by atoms with Gasteiger partial charge in [0, 0.05) is 18.5 Å². The van der Waals surface area contributed by atoms with E-state index in [4.69, 9.17) is 9.47 Å². The molecule has 2 atom stereocenters. The third-order valence-corrected chi connectivity index (χ3v) is 7.15. The van der Waals surface area contributed by atoms with Crippen LogP contribution in [0.25, 0.3) is 0 Å². The normalized spacial score (nSPS) is 20.2. The molecule has 1 amide bonds. The number of fused-ring (bicyclic) bond motifs is 2. The molecule has 0 unspecified atom stereocenters. The highest BCUT2D eigenvalue weighted by Crippen LogP contribution is 2.49. The smallest absolute Gasteiger partial charge is 0.227 e. The highest BCUT2D eigenvalue weighted by molar-refractivity contribution is 6.01. The van der Waals surface area contributed by atoms with Crippen LogP contribution in [0.1, 0.15) is 77.8 Å². The van der Waals surface area contributed by atoms with E-state index in [0.29, 0.717) is 30.9 Å². The molecule has 198 valence electrons. The third kappa shape index (κ3) is 5.68. The van der Waals surface area contributed by atoms with Crippen LogP contribution in [0.5, 0.6) is 11.5 Å². The quantitative estimate of drug-likeness (QED) is 0.370. The summed E-state index contributed by atoms with van der Waals surface area (Å²) in [6.45, 7) is 8.94. The first-order chi connectivity index (χ1) is 17.8. The van der Waals surface area contributed by atoms with Crippen molar-refractivity contribution in [1.29, 1.82) is 0 Å². The number of nitrogens with zero attached hydrogens (tertiary/aromatic N) is 1. The number of methoxy groups -OCH3 is 1. The Balaban J connectivity index is 1.91. The molecule has 0 saturated heterocycles. The fraction of sp³-hybridized carbons (Fsp3) is 0.484. The van der Waals surface area contributed by atoms with Crippen molar-refractivity contribution in [2.24, 2.45) is 11.3 Å². The van der Waals surface area contributed by atoms with Gasteiger partial charge in [-0.15, -0.1) is 0 Å². The van der Waals surface area contributed by atoms with Crippen molar-refractivity contribution < 1.29 is 19.1 Å². The van der Waals surface area contributed by atoms with Gasteiger partial charge in [-0.2, -0.15) is 0 Å². The molecule has 2 aromatic carbocycles. The second kappa shape index (κ2) is 11.4. The van der Waals surface area contributed by atoms with Crippen LogP contribution in [0.15, 0.2) is 54.2 Å². The molecule has 1 aliphatic carbocycles. The summed E-state index contributed by atoms with van der Waals surface area (Å²) in [6, 6.07) is 13.2. The molecule has 1 heterocycles. The van der Waals surface area contributed by atoms with Gasteiger partial charge in [-0.05, 0) is 48.1 Å². The number of amides is 1. The fourth-order valence-electron chi connectivity index (χ4n) is 5.48. The van der Waals surface area contributed by atoms with E-state index in [1.165, 1.54) is 0 Å². The third-order valence-electron chi connectivity index (χ3n) is 7.15. The predicted octanol–water partition coefficient (Wildman–Crippen LogP) is 7.06. The number of hydrogen-bond donors (Lipinski definition) is 1. The molecular weight excluding hydrogens is 464 g/mol. The molecule has 0 bridgehead atoms. The molecule has 0 aromatic heterocycles. The molecule has 1 aliphatic heterocycles. The van der Waals surface area contributed by atoms with Crippen molar-refractivity contribution in [3.05, 3.63) is 59.8 Å². The van der Waals surface area contributed by atoms with Gasteiger partial charge in [-0.25, -0.2) is 0 Å². The van der Waals surface area contributed by atoms with Crippen molar-refractivity contribution in [2.75, 3.05) is 23.9 Å². The summed E-state index contributed by atoms with van der Waals surface area (Å²) in [5.74, 6) is 0.904. The number of rotatable bonds is 9. The molecule has 4 rings (SSSR count). The number of nitrogens with one attached hydrogen (secondary N) is 1. The van der Waals surface area contributed by atoms with Crippen LogP contribution in [0, 0.1) is 11.3 Å². The van der Waals surface area contributed by atoms with Gasteiger partial charge >= 0.3 is 0 Å². The molecule has 0 spiro atoms. The van der Waals surface area contributed by atoms with E-state index in [2.05, 4.69) is 39.1 Å². The Morgan fingerprint density at radius 1 is 1.08 bits per heavy atom. The van der Waals surface area contributed by atoms with Gasteiger partial charge in [-0.1, -0.05) is 64.8 Å². The molecule has 6 heteroatoms. The van der Waals surface area contributed by atoms with Gasteiger partial charge in [0.15, 0.2) is 11.5 Å². The Morgan fingerprint density at radius 3 is 2.59 bits per heavy atom. The summed E-state index contributed by atoms with van der Waals surface area (Å²) in [6.07, 6.45) is 6.74. The van der Waals surface area contributed by atoms with Crippen LogP contribution in [0.3, 0.4) is 0 Å². The average Bonchev–Trinajstić information content (AvgIpc) is 3.01. The van der Waals surface area contributed by atoms with Crippen LogP contribution in [-0.2, 0) is 9.59 Å². The molecule has 0 radical (unpaired) electrons. The van der Waals surface area contributed by atoms with Crippen LogP contribution < -0.4 is 19.7 Å². The Labute approximate surface area is 221 Å². The molecule has 2 aromatic rings. The number of carbonyl (C=O) groups excluding carboxylic acids is 2. The van der Waals surface area contributed by atoms with E-state index in [-0.39, 0.29) is 17.1 Å². The lowest BCUT2D eigenvalue weighted by Gasteiger charge is -2.39. The maximum absolute atomic E-state index is 14.0. The van der Waals surface area contributed by atoms with Gasteiger partial charge in [0.1, 0.15) is 5.78 Å². The van der Waals surface area contributed by atoms with E-state index >= 15 is 0 Å². The fourth-order valence-corrected chi connectivity index (χ4v) is 5.48. The summed E-state index contributed by atoms with van der Waals surface area (Å²) in [4.78, 5) is 29.7. The number of ether oxygens (including phenoxy) is 2. The van der Waals surface area contributed by atoms with Gasteiger partial charge < -0.3 is 19.7 Å². The van der Waals surface area contributed by atoms with E-state index < -0.39 is 12.0 Å². The van der Waals surface area contributed by atoms with Gasteiger partial charge in [0.25, 0.3) is 0 Å². The molecule has 0 fully saturated rings. The SMILES string of the molecule is CCCCCC(=O)N1c2ccccc2NC2=CC(C)(C)CC(=O)[C@H]2[C@@H]1c1ccc(OCCC)c(OC)c1. The number of para-hydroxylation sites is 2. The van der Waals surface area contributed by atoms with E-state index in [9.17, 15) is 9.59 Å². The molecule has 37 heavy (non-hydrogen) atoms. The maximum atomic E-state index is 14.0. The number of ketones is 1. The van der Waals surface area contributed by atoms with Gasteiger partial charge in [0.2, 0.25) is 5.91 Å². The van der Waals surface area contributed by atoms with Crippen molar-refractivity contribution >= 4 is 23.1 Å². The Bertz CT molecular complexity index is 1170. The van der Waals surface area contributed by atoms with Gasteiger partial charge in [-0.3, -0.25) is 9.59 Å². The lowest BCUT2D eigenvalue weighted by atomic mass is 9.72. The zero-order chi connectivity index (χ0) is 26.6. The molecule has 0 saturated carbocycles. The number of carbonyl (C=O) groups is 2. The summed E-state index contributed by atoms with van der Waals surface area (Å²) >= 11 is 0. The number of unbranched alkanes of at least 4 members (excludes halogenated alkanes) is 2. The average molecular weight is 505 g/mol. The van der Waals surface area contributed by atoms with Crippen LogP contribution >= 0.6 is 0 Å². The second-order valence-corrected chi connectivity index (χ2v) is 10.8. The largest absolute Gasteiger partial charge is 0.493 e. The molecule has 6 nitrogen and oxygen atoms in total. The summed E-state index contributed by atoms with van der Waals surface area (Å²) in [5, 5.41) is 3.56. The number of allylic oxidation sites excluding steroid dienone is 1. The predicted molar refractivity (Wildman–Crippen MR) is 148 cm³/mol. The molecular formula is C31H40N2O4. The zero-order valence-electron chi connectivity index (χ0n) is 22.8. The van der Waals surface area contributed by atoms with Crippen molar-refractivity contribution in [1.82, 2.24) is 0 Å². The first kappa shape index (κ1) is 26.8. The number of hydrogen-bond acceptors (Lipinski definition) is 5. The minimum absolute atomic E-state index is 0.0249. The minimum Gasteiger partial charge on any atom is -0.493 e. The van der Waals surface area contributed by atoms with E-state index in [1.54, 1.807) is 7.11 Å². The summed E-state index contributed by atoms with van der Waals surface area (Å²) in [7, 11) is 1.62. The van der Waals surface area contributed by atoms with Crippen molar-refractivity contribution in [3.8, 4) is 11.5 Å². The van der Waals surface area contributed by atoms with Crippen LogP contribution in [0.4, 0.5) is 11.4 Å². The Morgan fingerprint density at radius 2 is 1.86 bits per heavy atom. The highest BCUT2D eigenvalue weighted by atomic mass is 16.5. The highest BCUT2D eigenvalue weighted by Gasteiger charge is 2.46. The maximum Gasteiger partial charge on any atom is 0.227 e. The van der Waals surface area contributed by atoms with E-state index in [0.717, 1.165) is 48.3 Å². The summed E-state index contributed by atoms with van der Waals surface area (Å²) in [5.41, 5.74) is 3.07. The van der Waals surface area contributed by atoms with Crippen LogP contribution in [-0.4, -0.2) is 25.4 Å². The Hall–Kier alpha value is -3.28. The van der Waals surface area contributed by atoms with E-state index in [1.807, 2.05) is 47.4 Å². The van der Waals surface area contributed by atoms with Gasteiger partial charge in [0.05, 0.1) is 37.1 Å². The first-order valence-electron chi connectivity index (χ1n) is 13.5. The lowest BCUT2D eigenvalue weighted by Crippen LogP contribution is -2.43. The summed E-state index contributed by atoms with van der Waals surface area (Å²) < 4.78 is 11.6. The number of anilines is 2.